The second-order valence-electron chi connectivity index (χ2n) is 4.34. The second-order valence-corrected chi connectivity index (χ2v) is 4.34. The molecule has 0 aromatic heterocycles. The Morgan fingerprint density at radius 2 is 1.95 bits per heavy atom. The van der Waals surface area contributed by atoms with Crippen molar-refractivity contribution in [1.29, 1.82) is 0 Å². The molecule has 1 aromatic rings. The van der Waals surface area contributed by atoms with E-state index >= 15 is 0 Å². The number of nitrogens with one attached hydrogen (secondary N) is 2. The Morgan fingerprint density at radius 1 is 1.35 bits per heavy atom. The van der Waals surface area contributed by atoms with Crippen LogP contribution in [0.15, 0.2) is 24.3 Å². The van der Waals surface area contributed by atoms with Crippen LogP contribution in [0, 0.1) is 16.0 Å². The molecule has 0 heterocycles. The van der Waals surface area contributed by atoms with Crippen molar-refractivity contribution >= 4 is 23.4 Å². The van der Waals surface area contributed by atoms with Crippen LogP contribution in [0.5, 0.6) is 0 Å². The van der Waals surface area contributed by atoms with Crippen LogP contribution >= 0.6 is 0 Å². The SMILES string of the molecule is CC(CNC(=O)Nc1ccc([N+](=O)[O-])cc1)CC(=O)O. The summed E-state index contributed by atoms with van der Waals surface area (Å²) >= 11 is 0. The lowest BCUT2D eigenvalue weighted by Crippen LogP contribution is -2.32. The Balaban J connectivity index is 2.42. The van der Waals surface area contributed by atoms with E-state index in [1.54, 1.807) is 6.92 Å². The molecule has 1 unspecified atom stereocenters. The highest BCUT2D eigenvalue weighted by Gasteiger charge is 2.10. The fourth-order valence-electron chi connectivity index (χ4n) is 1.48. The third-order valence-corrected chi connectivity index (χ3v) is 2.47. The highest BCUT2D eigenvalue weighted by Crippen LogP contribution is 2.15. The molecule has 0 fully saturated rings. The van der Waals surface area contributed by atoms with Gasteiger partial charge in [0.1, 0.15) is 0 Å². The van der Waals surface area contributed by atoms with Crippen molar-refractivity contribution in [2.75, 3.05) is 11.9 Å². The largest absolute Gasteiger partial charge is 0.481 e. The van der Waals surface area contributed by atoms with Crippen molar-refractivity contribution < 1.29 is 19.6 Å². The Morgan fingerprint density at radius 3 is 2.45 bits per heavy atom. The van der Waals surface area contributed by atoms with E-state index in [1.165, 1.54) is 24.3 Å². The summed E-state index contributed by atoms with van der Waals surface area (Å²) in [7, 11) is 0. The van der Waals surface area contributed by atoms with Gasteiger partial charge in [0.05, 0.1) is 4.92 Å². The van der Waals surface area contributed by atoms with Gasteiger partial charge in [-0.15, -0.1) is 0 Å². The van der Waals surface area contributed by atoms with Gasteiger partial charge in [-0.3, -0.25) is 14.9 Å². The maximum absolute atomic E-state index is 11.5. The number of hydrogen-bond acceptors (Lipinski definition) is 4. The van der Waals surface area contributed by atoms with Gasteiger partial charge in [0.2, 0.25) is 0 Å². The third-order valence-electron chi connectivity index (χ3n) is 2.47. The molecule has 3 N–H and O–H groups in total. The number of benzene rings is 1. The van der Waals surface area contributed by atoms with Gasteiger partial charge < -0.3 is 15.7 Å². The quantitative estimate of drug-likeness (QED) is 0.542. The number of non-ortho nitro benzene ring substituents is 1. The first-order valence-corrected chi connectivity index (χ1v) is 5.89. The lowest BCUT2D eigenvalue weighted by Gasteiger charge is -2.11. The predicted octanol–water partition coefficient (Wildman–Crippen LogP) is 1.83. The van der Waals surface area contributed by atoms with Gasteiger partial charge in [0.15, 0.2) is 0 Å². The molecule has 0 aliphatic rings. The Hall–Kier alpha value is -2.64. The zero-order chi connectivity index (χ0) is 15.1. The molecule has 1 atom stereocenters. The number of carboxylic acid groups (broad SMARTS) is 1. The average molecular weight is 281 g/mol. The number of urea groups is 1. The summed E-state index contributed by atoms with van der Waals surface area (Å²) in [5.74, 6) is -1.11. The van der Waals surface area contributed by atoms with Crippen molar-refractivity contribution in [2.45, 2.75) is 13.3 Å². The summed E-state index contributed by atoms with van der Waals surface area (Å²) in [6.45, 7) is 1.94. The van der Waals surface area contributed by atoms with Gasteiger partial charge in [-0.1, -0.05) is 6.92 Å². The van der Waals surface area contributed by atoms with Crippen molar-refractivity contribution in [1.82, 2.24) is 5.32 Å². The molecule has 1 aromatic carbocycles. The van der Waals surface area contributed by atoms with Gasteiger partial charge >= 0.3 is 12.0 Å². The molecule has 0 bridgehead atoms. The number of nitro benzene ring substituents is 1. The highest BCUT2D eigenvalue weighted by atomic mass is 16.6. The molecular weight excluding hydrogens is 266 g/mol. The summed E-state index contributed by atoms with van der Waals surface area (Å²) < 4.78 is 0. The molecule has 0 aliphatic heterocycles. The number of anilines is 1. The number of nitro groups is 1. The zero-order valence-corrected chi connectivity index (χ0v) is 10.8. The van der Waals surface area contributed by atoms with Gasteiger partial charge in [-0.2, -0.15) is 0 Å². The topological polar surface area (TPSA) is 122 Å². The first-order valence-electron chi connectivity index (χ1n) is 5.89. The highest BCUT2D eigenvalue weighted by molar-refractivity contribution is 5.89. The van der Waals surface area contributed by atoms with Crippen LogP contribution in [0.25, 0.3) is 0 Å². The Bertz CT molecular complexity index is 500. The van der Waals surface area contributed by atoms with Crippen LogP contribution < -0.4 is 10.6 Å². The molecule has 1 rings (SSSR count). The van der Waals surface area contributed by atoms with Crippen LogP contribution in [-0.4, -0.2) is 28.6 Å². The molecule has 0 aliphatic carbocycles. The summed E-state index contributed by atoms with van der Waals surface area (Å²) in [4.78, 5) is 31.9. The van der Waals surface area contributed by atoms with Gasteiger partial charge in [0.25, 0.3) is 5.69 Å². The number of rotatable bonds is 6. The third kappa shape index (κ3) is 5.34. The van der Waals surface area contributed by atoms with Gasteiger partial charge in [-0.05, 0) is 18.1 Å². The standard InChI is InChI=1S/C12H15N3O5/c1-8(6-11(16)17)7-13-12(18)14-9-2-4-10(5-3-9)15(19)20/h2-5,8H,6-7H2,1H3,(H,16,17)(H2,13,14,18). The normalized spacial score (nSPS) is 11.4. The minimum absolute atomic E-state index is 0.0299. The summed E-state index contributed by atoms with van der Waals surface area (Å²) in [6, 6.07) is 4.90. The lowest BCUT2D eigenvalue weighted by atomic mass is 10.1. The van der Waals surface area contributed by atoms with E-state index < -0.39 is 16.9 Å². The molecule has 2 amide bonds. The summed E-state index contributed by atoms with van der Waals surface area (Å²) in [5, 5.41) is 24.1. The zero-order valence-electron chi connectivity index (χ0n) is 10.8. The van der Waals surface area contributed by atoms with Crippen molar-refractivity contribution in [3.8, 4) is 0 Å². The lowest BCUT2D eigenvalue weighted by molar-refractivity contribution is -0.384. The van der Waals surface area contributed by atoms with E-state index in [4.69, 9.17) is 5.11 Å². The molecule has 108 valence electrons. The number of carbonyl (C=O) groups excluding carboxylic acids is 1. The van der Waals surface area contributed by atoms with Crippen LogP contribution in [-0.2, 0) is 4.79 Å². The monoisotopic (exact) mass is 281 g/mol. The van der Waals surface area contributed by atoms with Crippen molar-refractivity contribution in [2.24, 2.45) is 5.92 Å². The first kappa shape index (κ1) is 15.4. The molecular formula is C12H15N3O5. The van der Waals surface area contributed by atoms with E-state index in [1.807, 2.05) is 0 Å². The van der Waals surface area contributed by atoms with E-state index in [-0.39, 0.29) is 24.6 Å². The van der Waals surface area contributed by atoms with Gasteiger partial charge in [-0.25, -0.2) is 4.79 Å². The molecule has 0 radical (unpaired) electrons. The van der Waals surface area contributed by atoms with E-state index in [9.17, 15) is 19.7 Å². The van der Waals surface area contributed by atoms with E-state index in [2.05, 4.69) is 10.6 Å². The number of aliphatic carboxylic acids is 1. The number of carboxylic acids is 1. The van der Waals surface area contributed by atoms with Gasteiger partial charge in [0, 0.05) is 30.8 Å². The molecule has 8 heteroatoms. The second kappa shape index (κ2) is 7.07. The fourth-order valence-corrected chi connectivity index (χ4v) is 1.48. The summed E-state index contributed by atoms with van der Waals surface area (Å²) in [6.07, 6.45) is -0.0299. The minimum atomic E-state index is -0.921. The van der Waals surface area contributed by atoms with E-state index in [0.717, 1.165) is 0 Å². The van der Waals surface area contributed by atoms with Crippen LogP contribution in [0.3, 0.4) is 0 Å². The molecule has 0 saturated carbocycles. The molecule has 8 nitrogen and oxygen atoms in total. The smallest absolute Gasteiger partial charge is 0.319 e. The van der Waals surface area contributed by atoms with Crippen LogP contribution in [0.4, 0.5) is 16.2 Å². The maximum atomic E-state index is 11.5. The number of nitrogens with zero attached hydrogens (tertiary/aromatic N) is 1. The number of carbonyl (C=O) groups is 2. The fraction of sp³-hybridized carbons (Fsp3) is 0.333. The van der Waals surface area contributed by atoms with Crippen LogP contribution in [0.1, 0.15) is 13.3 Å². The Labute approximate surface area is 114 Å². The molecule has 0 saturated heterocycles. The number of hydrogen-bond donors (Lipinski definition) is 3. The summed E-state index contributed by atoms with van der Waals surface area (Å²) in [5.41, 5.74) is 0.352. The number of amides is 2. The average Bonchev–Trinajstić information content (AvgIpc) is 2.36. The predicted molar refractivity (Wildman–Crippen MR) is 71.5 cm³/mol. The first-order chi connectivity index (χ1) is 9.38. The van der Waals surface area contributed by atoms with Crippen LogP contribution in [0.2, 0.25) is 0 Å². The minimum Gasteiger partial charge on any atom is -0.481 e. The van der Waals surface area contributed by atoms with E-state index in [0.29, 0.717) is 5.69 Å². The van der Waals surface area contributed by atoms with Crippen molar-refractivity contribution in [3.05, 3.63) is 34.4 Å². The molecule has 0 spiro atoms. The van der Waals surface area contributed by atoms with Crippen molar-refractivity contribution in [3.63, 3.8) is 0 Å². The maximum Gasteiger partial charge on any atom is 0.319 e. The Kier molecular flexibility index (Phi) is 5.45. The molecule has 20 heavy (non-hydrogen) atoms.